The molecule has 0 aromatic heterocycles. The van der Waals surface area contributed by atoms with E-state index in [2.05, 4.69) is 0 Å². The fourth-order valence-electron chi connectivity index (χ4n) is 4.49. The number of carbonyl (C=O) groups is 2. The lowest BCUT2D eigenvalue weighted by Crippen LogP contribution is -2.52. The quantitative estimate of drug-likeness (QED) is 0.817. The summed E-state index contributed by atoms with van der Waals surface area (Å²) in [6.45, 7) is 1.16. The fourth-order valence-corrected chi connectivity index (χ4v) is 4.49. The molecule has 2 aromatic carbocycles. The Labute approximate surface area is 158 Å². The summed E-state index contributed by atoms with van der Waals surface area (Å²) in [6.07, 6.45) is 2.29. The van der Waals surface area contributed by atoms with Gasteiger partial charge in [0.1, 0.15) is 5.82 Å². The third-order valence-electron chi connectivity index (χ3n) is 6.18. The van der Waals surface area contributed by atoms with Gasteiger partial charge < -0.3 is 9.80 Å². The first-order valence-corrected chi connectivity index (χ1v) is 9.38. The predicted molar refractivity (Wildman–Crippen MR) is 101 cm³/mol. The van der Waals surface area contributed by atoms with Crippen molar-refractivity contribution in [2.24, 2.45) is 0 Å². The van der Waals surface area contributed by atoms with E-state index in [1.807, 2.05) is 42.3 Å². The minimum atomic E-state index is -0.402. The summed E-state index contributed by atoms with van der Waals surface area (Å²) in [5.74, 6) is -0.495. The number of hydrogen-bond acceptors (Lipinski definition) is 2. The Hall–Kier alpha value is -2.69. The predicted octanol–water partition coefficient (Wildman–Crippen LogP) is 3.45. The van der Waals surface area contributed by atoms with Crippen LogP contribution in [-0.2, 0) is 4.79 Å². The third kappa shape index (κ3) is 3.11. The molecular weight excluding hydrogens is 343 g/mol. The maximum atomic E-state index is 13.4. The van der Waals surface area contributed by atoms with Gasteiger partial charge in [-0.05, 0) is 43.0 Å². The zero-order valence-corrected chi connectivity index (χ0v) is 15.4. The fraction of sp³-hybridized carbons (Fsp3) is 0.364. The van der Waals surface area contributed by atoms with Gasteiger partial charge in [0.2, 0.25) is 5.91 Å². The van der Waals surface area contributed by atoms with Gasteiger partial charge in [0, 0.05) is 31.2 Å². The van der Waals surface area contributed by atoms with Gasteiger partial charge in [0.05, 0.1) is 5.92 Å². The second kappa shape index (κ2) is 6.80. The number of likely N-dealkylation sites (N-methyl/N-ethyl adjacent to an activating group) is 1. The Morgan fingerprint density at radius 3 is 2.44 bits per heavy atom. The van der Waals surface area contributed by atoms with Crippen molar-refractivity contribution in [2.45, 2.75) is 30.7 Å². The molecule has 5 heteroatoms. The van der Waals surface area contributed by atoms with Crippen LogP contribution in [0.2, 0.25) is 0 Å². The Balaban J connectivity index is 1.48. The highest BCUT2D eigenvalue weighted by atomic mass is 19.1. The van der Waals surface area contributed by atoms with Crippen LogP contribution in [0.3, 0.4) is 0 Å². The number of benzene rings is 2. The van der Waals surface area contributed by atoms with Crippen LogP contribution < -0.4 is 0 Å². The van der Waals surface area contributed by atoms with E-state index >= 15 is 0 Å². The molecule has 2 heterocycles. The largest absolute Gasteiger partial charge is 0.339 e. The molecule has 27 heavy (non-hydrogen) atoms. The minimum absolute atomic E-state index is 0.110. The van der Waals surface area contributed by atoms with Crippen LogP contribution in [-0.4, -0.2) is 47.3 Å². The zero-order valence-electron chi connectivity index (χ0n) is 15.4. The van der Waals surface area contributed by atoms with Crippen molar-refractivity contribution in [2.75, 3.05) is 20.1 Å². The van der Waals surface area contributed by atoms with Crippen molar-refractivity contribution < 1.29 is 14.0 Å². The maximum absolute atomic E-state index is 13.4. The number of hydrogen-bond donors (Lipinski definition) is 0. The first-order valence-electron chi connectivity index (χ1n) is 9.38. The van der Waals surface area contributed by atoms with E-state index in [1.54, 1.807) is 17.0 Å². The molecule has 2 aromatic rings. The lowest BCUT2D eigenvalue weighted by atomic mass is 9.81. The van der Waals surface area contributed by atoms with Crippen molar-refractivity contribution in [3.05, 3.63) is 71.5 Å². The molecule has 0 bridgehead atoms. The molecule has 0 N–H and O–H groups in total. The van der Waals surface area contributed by atoms with Gasteiger partial charge in [0.15, 0.2) is 0 Å². The van der Waals surface area contributed by atoms with E-state index in [0.29, 0.717) is 18.7 Å². The van der Waals surface area contributed by atoms with Gasteiger partial charge in [-0.3, -0.25) is 9.59 Å². The SMILES string of the molecule is CN1C(=O)[C@H](c2ccccc2)CC12CCN(C(=O)c1cccc(F)c1)CC2. The number of nitrogens with zero attached hydrogens (tertiary/aromatic N) is 2. The second-order valence-electron chi connectivity index (χ2n) is 7.59. The van der Waals surface area contributed by atoms with Crippen LogP contribution in [0.5, 0.6) is 0 Å². The molecule has 1 atom stereocenters. The van der Waals surface area contributed by atoms with Crippen LogP contribution in [0.25, 0.3) is 0 Å². The number of likely N-dealkylation sites (tertiary alicyclic amines) is 2. The summed E-state index contributed by atoms with van der Waals surface area (Å²) in [5, 5.41) is 0. The number of rotatable bonds is 2. The number of amides is 2. The van der Waals surface area contributed by atoms with E-state index < -0.39 is 5.82 Å². The summed E-state index contributed by atoms with van der Waals surface area (Å²) in [7, 11) is 1.88. The average molecular weight is 366 g/mol. The van der Waals surface area contributed by atoms with Crippen LogP contribution in [0.4, 0.5) is 4.39 Å². The van der Waals surface area contributed by atoms with E-state index in [0.717, 1.165) is 24.8 Å². The van der Waals surface area contributed by atoms with Crippen LogP contribution in [0, 0.1) is 5.82 Å². The summed E-state index contributed by atoms with van der Waals surface area (Å²) in [5.41, 5.74) is 1.24. The van der Waals surface area contributed by atoms with E-state index in [9.17, 15) is 14.0 Å². The van der Waals surface area contributed by atoms with Crippen LogP contribution in [0.1, 0.15) is 41.1 Å². The summed E-state index contributed by atoms with van der Waals surface area (Å²) >= 11 is 0. The molecule has 140 valence electrons. The molecule has 2 aliphatic rings. The monoisotopic (exact) mass is 366 g/mol. The van der Waals surface area contributed by atoms with Crippen molar-refractivity contribution in [1.29, 1.82) is 0 Å². The van der Waals surface area contributed by atoms with Gasteiger partial charge in [0.25, 0.3) is 5.91 Å². The Kier molecular flexibility index (Phi) is 4.46. The molecule has 4 nitrogen and oxygen atoms in total. The van der Waals surface area contributed by atoms with E-state index in [-0.39, 0.29) is 23.3 Å². The molecule has 0 aliphatic carbocycles. The Morgan fingerprint density at radius 2 is 1.78 bits per heavy atom. The van der Waals surface area contributed by atoms with Crippen molar-refractivity contribution in [1.82, 2.24) is 9.80 Å². The normalized spacial score (nSPS) is 21.7. The minimum Gasteiger partial charge on any atom is -0.339 e. The van der Waals surface area contributed by atoms with Gasteiger partial charge in [-0.25, -0.2) is 4.39 Å². The van der Waals surface area contributed by atoms with E-state index in [4.69, 9.17) is 0 Å². The second-order valence-corrected chi connectivity index (χ2v) is 7.59. The average Bonchev–Trinajstić information content (AvgIpc) is 2.94. The highest BCUT2D eigenvalue weighted by molar-refractivity contribution is 5.94. The zero-order chi connectivity index (χ0) is 19.0. The van der Waals surface area contributed by atoms with Gasteiger partial charge in [-0.1, -0.05) is 36.4 Å². The lowest BCUT2D eigenvalue weighted by Gasteiger charge is -2.43. The molecule has 2 fully saturated rings. The molecule has 4 rings (SSSR count). The van der Waals surface area contributed by atoms with Gasteiger partial charge in [-0.2, -0.15) is 0 Å². The summed E-state index contributed by atoms with van der Waals surface area (Å²) in [6, 6.07) is 15.7. The molecule has 2 amide bonds. The van der Waals surface area contributed by atoms with Crippen LogP contribution in [0.15, 0.2) is 54.6 Å². The van der Waals surface area contributed by atoms with Crippen molar-refractivity contribution in [3.8, 4) is 0 Å². The first kappa shape index (κ1) is 17.7. The third-order valence-corrected chi connectivity index (χ3v) is 6.18. The van der Waals surface area contributed by atoms with Crippen molar-refractivity contribution in [3.63, 3.8) is 0 Å². The van der Waals surface area contributed by atoms with Crippen molar-refractivity contribution >= 4 is 11.8 Å². The molecule has 2 aliphatic heterocycles. The smallest absolute Gasteiger partial charge is 0.253 e. The highest BCUT2D eigenvalue weighted by Gasteiger charge is 2.50. The molecule has 0 unspecified atom stereocenters. The molecule has 2 saturated heterocycles. The maximum Gasteiger partial charge on any atom is 0.253 e. The van der Waals surface area contributed by atoms with Crippen LogP contribution >= 0.6 is 0 Å². The Bertz CT molecular complexity index is 860. The number of halogens is 1. The Morgan fingerprint density at radius 1 is 1.07 bits per heavy atom. The number of carbonyl (C=O) groups excluding carboxylic acids is 2. The summed E-state index contributed by atoms with van der Waals surface area (Å²) in [4.78, 5) is 29.2. The molecule has 0 radical (unpaired) electrons. The lowest BCUT2D eigenvalue weighted by molar-refractivity contribution is -0.131. The van der Waals surface area contributed by atoms with E-state index in [1.165, 1.54) is 12.1 Å². The van der Waals surface area contributed by atoms with Gasteiger partial charge in [-0.15, -0.1) is 0 Å². The standard InChI is InChI=1S/C22H23FN2O2/c1-24-21(27)19(16-6-3-2-4-7-16)15-22(24)10-12-25(13-11-22)20(26)17-8-5-9-18(23)14-17/h2-9,14,19H,10-13,15H2,1H3/t19-/m0/s1. The summed E-state index contributed by atoms with van der Waals surface area (Å²) < 4.78 is 13.4. The topological polar surface area (TPSA) is 40.6 Å². The number of piperidine rings is 1. The molecule has 0 saturated carbocycles. The molecular formula is C22H23FN2O2. The first-order chi connectivity index (χ1) is 13.0. The highest BCUT2D eigenvalue weighted by Crippen LogP contribution is 2.44. The van der Waals surface area contributed by atoms with Gasteiger partial charge >= 0.3 is 0 Å². The molecule has 1 spiro atoms.